The fourth-order valence-corrected chi connectivity index (χ4v) is 1.46. The normalized spacial score (nSPS) is 10.6. The van der Waals surface area contributed by atoms with Gasteiger partial charge in [0.1, 0.15) is 0 Å². The number of pyridine rings is 1. The summed E-state index contributed by atoms with van der Waals surface area (Å²) in [5, 5.41) is 6.16. The molecule has 0 unspecified atom stereocenters. The van der Waals surface area contributed by atoms with E-state index in [2.05, 4.69) is 27.5 Å². The summed E-state index contributed by atoms with van der Waals surface area (Å²) in [4.78, 5) is 8.32. The molecule has 1 aromatic heterocycles. The maximum atomic E-state index is 5.67. The van der Waals surface area contributed by atoms with Crippen molar-refractivity contribution in [3.63, 3.8) is 0 Å². The second-order valence-electron chi connectivity index (χ2n) is 3.85. The van der Waals surface area contributed by atoms with E-state index in [9.17, 15) is 0 Å². The molecule has 1 rings (SSSR count). The third-order valence-electron chi connectivity index (χ3n) is 2.49. The van der Waals surface area contributed by atoms with Crippen LogP contribution in [0.5, 0.6) is 5.88 Å². The van der Waals surface area contributed by atoms with Crippen LogP contribution in [0.25, 0.3) is 0 Å². The first-order valence-electron chi connectivity index (χ1n) is 6.26. The van der Waals surface area contributed by atoms with Gasteiger partial charge in [0.25, 0.3) is 0 Å². The van der Waals surface area contributed by atoms with Gasteiger partial charge in [-0.1, -0.05) is 19.4 Å². The van der Waals surface area contributed by atoms with E-state index in [-0.39, 0.29) is 24.0 Å². The average Bonchev–Trinajstić information content (AvgIpc) is 2.41. The monoisotopic (exact) mass is 378 g/mol. The highest BCUT2D eigenvalue weighted by Crippen LogP contribution is 2.14. The summed E-state index contributed by atoms with van der Waals surface area (Å²) < 4.78 is 5.67. The maximum absolute atomic E-state index is 5.67. The molecule has 108 valence electrons. The zero-order valence-electron chi connectivity index (χ0n) is 11.8. The molecule has 2 N–H and O–H groups in total. The van der Waals surface area contributed by atoms with Crippen LogP contribution in [0.1, 0.15) is 25.3 Å². The van der Waals surface area contributed by atoms with Crippen LogP contribution in [-0.2, 0) is 6.54 Å². The molecule has 0 fully saturated rings. The van der Waals surface area contributed by atoms with E-state index in [0.29, 0.717) is 19.0 Å². The molecule has 0 bridgehead atoms. The van der Waals surface area contributed by atoms with Crippen LogP contribution in [-0.4, -0.2) is 31.6 Å². The number of hydrogen-bond donors (Lipinski definition) is 2. The zero-order valence-corrected chi connectivity index (χ0v) is 14.1. The summed E-state index contributed by atoms with van der Waals surface area (Å²) in [6.45, 7) is 3.49. The molecular formula is C13H23IN4O. The Morgan fingerprint density at radius 1 is 1.47 bits per heavy atom. The van der Waals surface area contributed by atoms with Gasteiger partial charge in [-0.2, -0.15) is 0 Å². The minimum absolute atomic E-state index is 0. The van der Waals surface area contributed by atoms with Crippen LogP contribution in [0.3, 0.4) is 0 Å². The lowest BCUT2D eigenvalue weighted by Crippen LogP contribution is -2.34. The summed E-state index contributed by atoms with van der Waals surface area (Å²) in [7, 11) is 3.57. The number of unbranched alkanes of at least 4 members (excludes halogenated alkanes) is 1. The van der Waals surface area contributed by atoms with Crippen molar-refractivity contribution in [3.8, 4) is 5.88 Å². The van der Waals surface area contributed by atoms with Gasteiger partial charge in [0.05, 0.1) is 6.61 Å². The Balaban J connectivity index is 0.00000324. The van der Waals surface area contributed by atoms with Crippen molar-refractivity contribution in [2.45, 2.75) is 26.3 Å². The molecule has 0 radical (unpaired) electrons. The third kappa shape index (κ3) is 6.60. The molecule has 19 heavy (non-hydrogen) atoms. The van der Waals surface area contributed by atoms with Crippen molar-refractivity contribution in [1.82, 2.24) is 15.6 Å². The number of nitrogens with zero attached hydrogens (tertiary/aromatic N) is 2. The minimum atomic E-state index is 0. The molecule has 0 saturated carbocycles. The first kappa shape index (κ1) is 17.9. The van der Waals surface area contributed by atoms with Gasteiger partial charge in [0.2, 0.25) is 5.88 Å². The second kappa shape index (κ2) is 10.8. The Morgan fingerprint density at radius 3 is 2.89 bits per heavy atom. The molecule has 0 aromatic carbocycles. The Morgan fingerprint density at radius 2 is 2.26 bits per heavy atom. The lowest BCUT2D eigenvalue weighted by Gasteiger charge is -2.12. The smallest absolute Gasteiger partial charge is 0.218 e. The fraction of sp³-hybridized carbons (Fsp3) is 0.538. The van der Waals surface area contributed by atoms with Crippen molar-refractivity contribution >= 4 is 29.9 Å². The topological polar surface area (TPSA) is 58.5 Å². The van der Waals surface area contributed by atoms with E-state index in [1.54, 1.807) is 13.2 Å². The first-order chi connectivity index (χ1) is 8.81. The molecule has 0 aliphatic heterocycles. The number of hydrogen-bond acceptors (Lipinski definition) is 3. The highest BCUT2D eigenvalue weighted by atomic mass is 127. The first-order valence-corrected chi connectivity index (χ1v) is 6.26. The summed E-state index contributed by atoms with van der Waals surface area (Å²) in [6.07, 6.45) is 3.91. The van der Waals surface area contributed by atoms with Crippen molar-refractivity contribution < 1.29 is 4.74 Å². The molecule has 0 aliphatic carbocycles. The highest BCUT2D eigenvalue weighted by Gasteiger charge is 2.04. The van der Waals surface area contributed by atoms with Gasteiger partial charge in [0, 0.05) is 32.4 Å². The van der Waals surface area contributed by atoms with E-state index in [1.165, 1.54) is 0 Å². The molecule has 0 aliphatic rings. The number of halogens is 1. The largest absolute Gasteiger partial charge is 0.477 e. The molecule has 0 saturated heterocycles. The highest BCUT2D eigenvalue weighted by molar-refractivity contribution is 14.0. The summed E-state index contributed by atoms with van der Waals surface area (Å²) in [5.41, 5.74) is 1.03. The molecule has 0 amide bonds. The number of aromatic nitrogens is 1. The molecular weight excluding hydrogens is 355 g/mol. The molecule has 1 heterocycles. The van der Waals surface area contributed by atoms with Crippen molar-refractivity contribution in [1.29, 1.82) is 0 Å². The Bertz CT molecular complexity index is 385. The molecule has 0 spiro atoms. The Hall–Kier alpha value is -1.05. The van der Waals surface area contributed by atoms with Crippen LogP contribution < -0.4 is 15.4 Å². The number of aliphatic imine (C=N–C) groups is 1. The maximum Gasteiger partial charge on any atom is 0.218 e. The predicted octanol–water partition coefficient (Wildman–Crippen LogP) is 2.17. The number of guanidine groups is 1. The van der Waals surface area contributed by atoms with Crippen molar-refractivity contribution in [2.75, 3.05) is 20.7 Å². The second-order valence-corrected chi connectivity index (χ2v) is 3.85. The fourth-order valence-electron chi connectivity index (χ4n) is 1.46. The molecule has 0 atom stereocenters. The van der Waals surface area contributed by atoms with E-state index in [4.69, 9.17) is 4.74 Å². The average molecular weight is 378 g/mol. The van der Waals surface area contributed by atoms with Crippen LogP contribution in [0, 0.1) is 0 Å². The number of nitrogens with one attached hydrogen (secondary N) is 2. The van der Waals surface area contributed by atoms with Crippen LogP contribution in [0.4, 0.5) is 0 Å². The number of rotatable bonds is 6. The van der Waals surface area contributed by atoms with Gasteiger partial charge in [0.15, 0.2) is 5.96 Å². The van der Waals surface area contributed by atoms with Gasteiger partial charge < -0.3 is 15.4 Å². The quantitative estimate of drug-likeness (QED) is 0.345. The number of ether oxygens (including phenoxy) is 1. The van der Waals surface area contributed by atoms with Crippen LogP contribution >= 0.6 is 24.0 Å². The predicted molar refractivity (Wildman–Crippen MR) is 89.3 cm³/mol. The lowest BCUT2D eigenvalue weighted by atomic mass is 10.2. The third-order valence-corrected chi connectivity index (χ3v) is 2.49. The van der Waals surface area contributed by atoms with E-state index in [0.717, 1.165) is 24.4 Å². The molecule has 5 nitrogen and oxygen atoms in total. The summed E-state index contributed by atoms with van der Waals surface area (Å²) in [5.74, 6) is 1.45. The van der Waals surface area contributed by atoms with E-state index >= 15 is 0 Å². The Labute approximate surface area is 132 Å². The van der Waals surface area contributed by atoms with Gasteiger partial charge in [-0.15, -0.1) is 24.0 Å². The van der Waals surface area contributed by atoms with Gasteiger partial charge in [-0.3, -0.25) is 4.99 Å². The van der Waals surface area contributed by atoms with Gasteiger partial charge in [-0.25, -0.2) is 4.98 Å². The molecule has 1 aromatic rings. The van der Waals surface area contributed by atoms with Crippen LogP contribution in [0.15, 0.2) is 23.3 Å². The van der Waals surface area contributed by atoms with Crippen LogP contribution in [0.2, 0.25) is 0 Å². The van der Waals surface area contributed by atoms with Crippen molar-refractivity contribution in [2.24, 2.45) is 4.99 Å². The summed E-state index contributed by atoms with van der Waals surface area (Å²) >= 11 is 0. The summed E-state index contributed by atoms with van der Waals surface area (Å²) in [6, 6.07) is 3.91. The minimum Gasteiger partial charge on any atom is -0.477 e. The van der Waals surface area contributed by atoms with E-state index in [1.807, 2.05) is 19.2 Å². The standard InChI is InChI=1S/C13H22N4O.HI/c1-4-5-9-18-12-11(7-6-8-16-12)10-17-13(14-2)15-3;/h6-8H,4-5,9-10H2,1-3H3,(H2,14,15,17);1H. The van der Waals surface area contributed by atoms with Crippen molar-refractivity contribution in [3.05, 3.63) is 23.9 Å². The molecule has 6 heteroatoms. The van der Waals surface area contributed by atoms with E-state index < -0.39 is 0 Å². The van der Waals surface area contributed by atoms with Gasteiger partial charge in [-0.05, 0) is 12.5 Å². The Kier molecular flexibility index (Phi) is 10.2. The SMILES string of the molecule is CCCCOc1ncccc1CNC(=NC)NC.I. The lowest BCUT2D eigenvalue weighted by molar-refractivity contribution is 0.294. The zero-order chi connectivity index (χ0) is 13.2. The van der Waals surface area contributed by atoms with Gasteiger partial charge >= 0.3 is 0 Å².